The van der Waals surface area contributed by atoms with Crippen LogP contribution in [0, 0.1) is 5.92 Å². The largest absolute Gasteiger partial charge is 0.393 e. The van der Waals surface area contributed by atoms with Crippen LogP contribution in [-0.2, 0) is 10.0 Å². The highest BCUT2D eigenvalue weighted by atomic mass is 32.2. The Bertz CT molecular complexity index is 274. The molecular formula is C9H19NO3S. The summed E-state index contributed by atoms with van der Waals surface area (Å²) in [5, 5.41) is 9.34. The molecule has 1 fully saturated rings. The Balaban J connectivity index is 2.58. The number of aliphatic hydroxyl groups excluding tert-OH is 1. The molecule has 4 nitrogen and oxygen atoms in total. The minimum absolute atomic E-state index is 0.113. The van der Waals surface area contributed by atoms with Gasteiger partial charge in [-0.1, -0.05) is 6.92 Å². The third-order valence-electron chi connectivity index (χ3n) is 2.73. The minimum atomic E-state index is -3.05. The van der Waals surface area contributed by atoms with Gasteiger partial charge in [0.15, 0.2) is 0 Å². The third-order valence-corrected chi connectivity index (χ3v) is 4.77. The van der Waals surface area contributed by atoms with E-state index in [2.05, 4.69) is 0 Å². The smallest absolute Gasteiger partial charge is 0.214 e. The molecule has 2 atom stereocenters. The number of nitrogens with zero attached hydrogens (tertiary/aromatic N) is 1. The van der Waals surface area contributed by atoms with Crippen molar-refractivity contribution in [2.24, 2.45) is 5.92 Å². The summed E-state index contributed by atoms with van der Waals surface area (Å²) in [6.07, 6.45) is 1.02. The standard InChI is InChI=1S/C9H19NO3S/c1-3-6-14(12,13)10-5-4-9(7-10)8(2)11/h8-9,11H,3-7H2,1-2H3. The van der Waals surface area contributed by atoms with E-state index in [1.54, 1.807) is 6.92 Å². The quantitative estimate of drug-likeness (QED) is 0.749. The number of hydrogen-bond donors (Lipinski definition) is 1. The fourth-order valence-electron chi connectivity index (χ4n) is 1.79. The maximum absolute atomic E-state index is 11.6. The van der Waals surface area contributed by atoms with E-state index >= 15 is 0 Å². The summed E-state index contributed by atoms with van der Waals surface area (Å²) in [4.78, 5) is 0. The Kier molecular flexibility index (Phi) is 3.92. The predicted molar refractivity (Wildman–Crippen MR) is 55.4 cm³/mol. The molecule has 0 aromatic heterocycles. The summed E-state index contributed by atoms with van der Waals surface area (Å²) in [6.45, 7) is 4.64. The second-order valence-corrected chi connectivity index (χ2v) is 6.05. The SMILES string of the molecule is CCCS(=O)(=O)N1CCC(C(C)O)C1. The maximum Gasteiger partial charge on any atom is 0.214 e. The summed E-state index contributed by atoms with van der Waals surface area (Å²) < 4.78 is 24.8. The molecule has 0 bridgehead atoms. The van der Waals surface area contributed by atoms with Crippen molar-refractivity contribution in [1.82, 2.24) is 4.31 Å². The molecule has 14 heavy (non-hydrogen) atoms. The average molecular weight is 221 g/mol. The van der Waals surface area contributed by atoms with Crippen molar-refractivity contribution in [2.45, 2.75) is 32.8 Å². The van der Waals surface area contributed by atoms with Crippen LogP contribution in [0.15, 0.2) is 0 Å². The van der Waals surface area contributed by atoms with Crippen molar-refractivity contribution in [3.8, 4) is 0 Å². The summed E-state index contributed by atoms with van der Waals surface area (Å²) in [5.41, 5.74) is 0. The zero-order valence-corrected chi connectivity index (χ0v) is 9.63. The van der Waals surface area contributed by atoms with Crippen molar-refractivity contribution in [3.05, 3.63) is 0 Å². The molecule has 1 rings (SSSR count). The van der Waals surface area contributed by atoms with Gasteiger partial charge in [0.2, 0.25) is 10.0 Å². The monoisotopic (exact) mass is 221 g/mol. The molecule has 1 aliphatic heterocycles. The van der Waals surface area contributed by atoms with Gasteiger partial charge in [-0.15, -0.1) is 0 Å². The first-order chi connectivity index (χ1) is 6.47. The van der Waals surface area contributed by atoms with Gasteiger partial charge in [-0.25, -0.2) is 12.7 Å². The van der Waals surface area contributed by atoms with Crippen LogP contribution in [-0.4, -0.2) is 42.8 Å². The molecule has 0 aromatic rings. The maximum atomic E-state index is 11.6. The zero-order chi connectivity index (χ0) is 10.8. The molecule has 0 saturated carbocycles. The summed E-state index contributed by atoms with van der Waals surface area (Å²) in [6, 6.07) is 0. The van der Waals surface area contributed by atoms with Gasteiger partial charge < -0.3 is 5.11 Å². The molecule has 0 spiro atoms. The van der Waals surface area contributed by atoms with Crippen LogP contribution >= 0.6 is 0 Å². The molecular weight excluding hydrogens is 202 g/mol. The van der Waals surface area contributed by atoms with Crippen molar-refractivity contribution in [3.63, 3.8) is 0 Å². The van der Waals surface area contributed by atoms with Crippen LogP contribution in [0.25, 0.3) is 0 Å². The predicted octanol–water partition coefficient (Wildman–Crippen LogP) is 0.429. The van der Waals surface area contributed by atoms with Gasteiger partial charge in [-0.3, -0.25) is 0 Å². The lowest BCUT2D eigenvalue weighted by molar-refractivity contribution is 0.133. The summed E-state index contributed by atoms with van der Waals surface area (Å²) in [5.74, 6) is 0.334. The van der Waals surface area contributed by atoms with Gasteiger partial charge in [0, 0.05) is 13.1 Å². The lowest BCUT2D eigenvalue weighted by atomic mass is 10.0. The van der Waals surface area contributed by atoms with Gasteiger partial charge in [-0.2, -0.15) is 0 Å². The second-order valence-electron chi connectivity index (χ2n) is 3.96. The number of hydrogen-bond acceptors (Lipinski definition) is 3. The highest BCUT2D eigenvalue weighted by molar-refractivity contribution is 7.89. The van der Waals surface area contributed by atoms with E-state index in [1.807, 2.05) is 6.92 Å². The number of rotatable bonds is 4. The van der Waals surface area contributed by atoms with Crippen molar-refractivity contribution >= 4 is 10.0 Å². The molecule has 0 aromatic carbocycles. The lowest BCUT2D eigenvalue weighted by Crippen LogP contribution is -2.32. The molecule has 0 aliphatic carbocycles. The molecule has 1 heterocycles. The topological polar surface area (TPSA) is 57.6 Å². The summed E-state index contributed by atoms with van der Waals surface area (Å²) in [7, 11) is -3.05. The Morgan fingerprint density at radius 1 is 1.57 bits per heavy atom. The fourth-order valence-corrected chi connectivity index (χ4v) is 3.36. The zero-order valence-electron chi connectivity index (χ0n) is 8.81. The van der Waals surface area contributed by atoms with Crippen molar-refractivity contribution in [2.75, 3.05) is 18.8 Å². The van der Waals surface area contributed by atoms with E-state index in [9.17, 15) is 13.5 Å². The van der Waals surface area contributed by atoms with Gasteiger partial charge >= 0.3 is 0 Å². The van der Waals surface area contributed by atoms with Gasteiger partial charge in [0.1, 0.15) is 0 Å². The highest BCUT2D eigenvalue weighted by Gasteiger charge is 2.32. The van der Waals surface area contributed by atoms with Crippen molar-refractivity contribution < 1.29 is 13.5 Å². The Morgan fingerprint density at radius 3 is 2.64 bits per heavy atom. The Morgan fingerprint density at radius 2 is 2.21 bits per heavy atom. The van der Waals surface area contributed by atoms with Crippen LogP contribution in [0.4, 0.5) is 0 Å². The Labute approximate surface area is 86.0 Å². The van der Waals surface area contributed by atoms with Crippen LogP contribution in [0.3, 0.4) is 0 Å². The van der Waals surface area contributed by atoms with Crippen LogP contribution in [0.2, 0.25) is 0 Å². The van der Waals surface area contributed by atoms with E-state index in [-0.39, 0.29) is 11.7 Å². The number of aliphatic hydroxyl groups is 1. The molecule has 1 aliphatic rings. The molecule has 84 valence electrons. The third kappa shape index (κ3) is 2.68. The summed E-state index contributed by atoms with van der Waals surface area (Å²) >= 11 is 0. The number of sulfonamides is 1. The fraction of sp³-hybridized carbons (Fsp3) is 1.00. The molecule has 0 amide bonds. The average Bonchev–Trinajstić information content (AvgIpc) is 2.51. The van der Waals surface area contributed by atoms with Gasteiger partial charge in [-0.05, 0) is 25.7 Å². The normalized spacial score (nSPS) is 26.6. The molecule has 5 heteroatoms. The minimum Gasteiger partial charge on any atom is -0.393 e. The van der Waals surface area contributed by atoms with E-state index in [4.69, 9.17) is 0 Å². The van der Waals surface area contributed by atoms with Gasteiger partial charge in [0.25, 0.3) is 0 Å². The lowest BCUT2D eigenvalue weighted by Gasteiger charge is -2.17. The van der Waals surface area contributed by atoms with E-state index in [0.717, 1.165) is 6.42 Å². The first-order valence-corrected chi connectivity index (χ1v) is 6.74. The Hall–Kier alpha value is -0.130. The molecule has 0 radical (unpaired) electrons. The highest BCUT2D eigenvalue weighted by Crippen LogP contribution is 2.22. The van der Waals surface area contributed by atoms with E-state index < -0.39 is 16.1 Å². The van der Waals surface area contributed by atoms with Crippen LogP contribution in [0.5, 0.6) is 0 Å². The molecule has 1 saturated heterocycles. The first-order valence-electron chi connectivity index (χ1n) is 5.13. The van der Waals surface area contributed by atoms with Crippen LogP contribution in [0.1, 0.15) is 26.7 Å². The van der Waals surface area contributed by atoms with Gasteiger partial charge in [0.05, 0.1) is 11.9 Å². The van der Waals surface area contributed by atoms with Crippen LogP contribution < -0.4 is 0 Å². The second kappa shape index (κ2) is 4.59. The molecule has 2 unspecified atom stereocenters. The van der Waals surface area contributed by atoms with E-state index in [1.165, 1.54) is 4.31 Å². The van der Waals surface area contributed by atoms with Crippen molar-refractivity contribution in [1.29, 1.82) is 0 Å². The first kappa shape index (κ1) is 11.9. The van der Waals surface area contributed by atoms with E-state index in [0.29, 0.717) is 19.5 Å². The molecule has 1 N–H and O–H groups in total.